The SMILES string of the molecule is CCCCCCCCCCCCOC(=O)CC1C(=O)NCCN1C(=O)/C(=C/c1ccccc1)NC(C)=O. The number of benzene rings is 1. The molecule has 1 atom stereocenters. The van der Waals surface area contributed by atoms with Gasteiger partial charge in [-0.05, 0) is 18.1 Å². The first kappa shape index (κ1) is 30.1. The Morgan fingerprint density at radius 2 is 1.62 bits per heavy atom. The Morgan fingerprint density at radius 3 is 2.24 bits per heavy atom. The molecular formula is C29H43N3O5. The van der Waals surface area contributed by atoms with Crippen LogP contribution in [0, 0.1) is 0 Å². The summed E-state index contributed by atoms with van der Waals surface area (Å²) >= 11 is 0. The highest BCUT2D eigenvalue weighted by atomic mass is 16.5. The van der Waals surface area contributed by atoms with E-state index in [0.717, 1.165) is 24.8 Å². The fraction of sp³-hybridized carbons (Fsp3) is 0.586. The van der Waals surface area contributed by atoms with Crippen molar-refractivity contribution < 1.29 is 23.9 Å². The summed E-state index contributed by atoms with van der Waals surface area (Å²) in [7, 11) is 0. The molecule has 1 fully saturated rings. The maximum absolute atomic E-state index is 13.3. The molecule has 204 valence electrons. The van der Waals surface area contributed by atoms with E-state index >= 15 is 0 Å². The topological polar surface area (TPSA) is 105 Å². The Morgan fingerprint density at radius 1 is 1.00 bits per heavy atom. The van der Waals surface area contributed by atoms with Crippen molar-refractivity contribution in [3.63, 3.8) is 0 Å². The first-order chi connectivity index (χ1) is 17.9. The van der Waals surface area contributed by atoms with Crippen LogP contribution in [0.2, 0.25) is 0 Å². The number of ether oxygens (including phenoxy) is 1. The molecule has 1 aromatic rings. The third-order valence-electron chi connectivity index (χ3n) is 6.36. The molecule has 1 aliphatic heterocycles. The number of nitrogens with zero attached hydrogens (tertiary/aromatic N) is 1. The maximum atomic E-state index is 13.3. The van der Waals surface area contributed by atoms with Crippen molar-refractivity contribution >= 4 is 29.8 Å². The van der Waals surface area contributed by atoms with Crippen LogP contribution < -0.4 is 10.6 Å². The molecule has 2 rings (SSSR count). The van der Waals surface area contributed by atoms with Gasteiger partial charge in [0.05, 0.1) is 13.0 Å². The Hall–Kier alpha value is -3.16. The quantitative estimate of drug-likeness (QED) is 0.194. The molecule has 8 nitrogen and oxygen atoms in total. The maximum Gasteiger partial charge on any atom is 0.308 e. The van der Waals surface area contributed by atoms with E-state index in [1.54, 1.807) is 18.2 Å². The zero-order valence-electron chi connectivity index (χ0n) is 22.4. The van der Waals surface area contributed by atoms with Gasteiger partial charge >= 0.3 is 5.97 Å². The fourth-order valence-electron chi connectivity index (χ4n) is 4.36. The average molecular weight is 514 g/mol. The van der Waals surface area contributed by atoms with Gasteiger partial charge in [-0.3, -0.25) is 19.2 Å². The summed E-state index contributed by atoms with van der Waals surface area (Å²) in [5.41, 5.74) is 0.783. The van der Waals surface area contributed by atoms with E-state index in [1.807, 2.05) is 18.2 Å². The number of esters is 1. The molecule has 0 bridgehead atoms. The van der Waals surface area contributed by atoms with Crippen LogP contribution in [0.5, 0.6) is 0 Å². The molecule has 0 aromatic heterocycles. The summed E-state index contributed by atoms with van der Waals surface area (Å²) in [5, 5.41) is 5.29. The number of unbranched alkanes of at least 4 members (excludes halogenated alkanes) is 9. The molecule has 3 amide bonds. The van der Waals surface area contributed by atoms with Crippen LogP contribution in [-0.2, 0) is 23.9 Å². The number of hydrogen-bond acceptors (Lipinski definition) is 5. The number of nitrogens with one attached hydrogen (secondary N) is 2. The predicted octanol–water partition coefficient (Wildman–Crippen LogP) is 4.34. The number of amides is 3. The average Bonchev–Trinajstić information content (AvgIpc) is 2.88. The molecule has 0 aliphatic carbocycles. The van der Waals surface area contributed by atoms with Crippen LogP contribution >= 0.6 is 0 Å². The molecule has 1 unspecified atom stereocenters. The molecular weight excluding hydrogens is 470 g/mol. The van der Waals surface area contributed by atoms with Crippen LogP contribution in [0.4, 0.5) is 0 Å². The van der Waals surface area contributed by atoms with Gasteiger partial charge in [0.2, 0.25) is 11.8 Å². The number of carbonyl (C=O) groups is 4. The molecule has 8 heteroatoms. The van der Waals surface area contributed by atoms with Gasteiger partial charge in [-0.1, -0.05) is 95.0 Å². The Bertz CT molecular complexity index is 900. The zero-order chi connectivity index (χ0) is 26.9. The van der Waals surface area contributed by atoms with Crippen LogP contribution in [0.3, 0.4) is 0 Å². The lowest BCUT2D eigenvalue weighted by molar-refractivity contribution is -0.151. The second-order valence-corrected chi connectivity index (χ2v) is 9.56. The number of piperazine rings is 1. The smallest absolute Gasteiger partial charge is 0.308 e. The summed E-state index contributed by atoms with van der Waals surface area (Å²) in [6, 6.07) is 8.12. The van der Waals surface area contributed by atoms with E-state index in [1.165, 1.54) is 56.8 Å². The van der Waals surface area contributed by atoms with E-state index in [9.17, 15) is 19.2 Å². The number of rotatable bonds is 16. The predicted molar refractivity (Wildman–Crippen MR) is 144 cm³/mol. The molecule has 37 heavy (non-hydrogen) atoms. The highest BCUT2D eigenvalue weighted by molar-refractivity contribution is 6.03. The van der Waals surface area contributed by atoms with Gasteiger partial charge < -0.3 is 20.3 Å². The van der Waals surface area contributed by atoms with Crippen LogP contribution in [0.25, 0.3) is 6.08 Å². The molecule has 0 spiro atoms. The van der Waals surface area contributed by atoms with Crippen LogP contribution in [-0.4, -0.2) is 54.3 Å². The van der Waals surface area contributed by atoms with Crippen molar-refractivity contribution in [1.29, 1.82) is 0 Å². The minimum absolute atomic E-state index is 0.0529. The van der Waals surface area contributed by atoms with E-state index in [-0.39, 0.29) is 25.2 Å². The summed E-state index contributed by atoms with van der Waals surface area (Å²) < 4.78 is 5.37. The van der Waals surface area contributed by atoms with Crippen LogP contribution in [0.1, 0.15) is 90.0 Å². The lowest BCUT2D eigenvalue weighted by Crippen LogP contribution is -2.58. The van der Waals surface area contributed by atoms with Crippen LogP contribution in [0.15, 0.2) is 36.0 Å². The van der Waals surface area contributed by atoms with E-state index in [4.69, 9.17) is 4.74 Å². The fourth-order valence-corrected chi connectivity index (χ4v) is 4.36. The molecule has 1 aromatic carbocycles. The normalized spacial score (nSPS) is 15.7. The second-order valence-electron chi connectivity index (χ2n) is 9.56. The monoisotopic (exact) mass is 513 g/mol. The summed E-state index contributed by atoms with van der Waals surface area (Å²) in [4.78, 5) is 51.5. The second kappa shape index (κ2) is 17.3. The molecule has 2 N–H and O–H groups in total. The van der Waals surface area contributed by atoms with Gasteiger partial charge in [0, 0.05) is 20.0 Å². The van der Waals surface area contributed by atoms with E-state index in [0.29, 0.717) is 6.61 Å². The molecule has 1 heterocycles. The van der Waals surface area contributed by atoms with Gasteiger partial charge in [-0.25, -0.2) is 0 Å². The van der Waals surface area contributed by atoms with Crippen molar-refractivity contribution in [1.82, 2.24) is 15.5 Å². The van der Waals surface area contributed by atoms with Crippen molar-refractivity contribution in [3.05, 3.63) is 41.6 Å². The summed E-state index contributed by atoms with van der Waals surface area (Å²) in [5.74, 6) is -1.83. The Kier molecular flexibility index (Phi) is 14.1. The van der Waals surface area contributed by atoms with Crippen molar-refractivity contribution in [2.75, 3.05) is 19.7 Å². The van der Waals surface area contributed by atoms with Gasteiger partial charge in [0.25, 0.3) is 5.91 Å². The molecule has 1 saturated heterocycles. The lowest BCUT2D eigenvalue weighted by Gasteiger charge is -2.35. The van der Waals surface area contributed by atoms with Gasteiger partial charge in [-0.15, -0.1) is 0 Å². The third kappa shape index (κ3) is 11.6. The Labute approximate surface area is 221 Å². The lowest BCUT2D eigenvalue weighted by atomic mass is 10.1. The van der Waals surface area contributed by atoms with E-state index in [2.05, 4.69) is 17.6 Å². The van der Waals surface area contributed by atoms with E-state index < -0.39 is 29.7 Å². The van der Waals surface area contributed by atoms with Crippen molar-refractivity contribution in [3.8, 4) is 0 Å². The first-order valence-corrected chi connectivity index (χ1v) is 13.7. The number of carbonyl (C=O) groups excluding carboxylic acids is 4. The summed E-state index contributed by atoms with van der Waals surface area (Å²) in [6.07, 6.45) is 13.2. The number of hydrogen-bond donors (Lipinski definition) is 2. The van der Waals surface area contributed by atoms with Gasteiger partial charge in [0.1, 0.15) is 11.7 Å². The standard InChI is InChI=1S/C29H43N3O5/c1-3-4-5-6-7-8-9-10-11-15-20-37-27(34)22-26-28(35)30-18-19-32(26)29(36)25(31-23(2)33)21-24-16-13-12-14-17-24/h12-14,16-17,21,26H,3-11,15,18-20,22H2,1-2H3,(H,30,35)(H,31,33)/b25-21-. The zero-order valence-corrected chi connectivity index (χ0v) is 22.4. The van der Waals surface area contributed by atoms with Gasteiger partial charge in [0.15, 0.2) is 0 Å². The van der Waals surface area contributed by atoms with Crippen molar-refractivity contribution in [2.45, 2.75) is 90.5 Å². The molecule has 0 radical (unpaired) electrons. The molecule has 1 aliphatic rings. The van der Waals surface area contributed by atoms with Gasteiger partial charge in [-0.2, -0.15) is 0 Å². The Balaban J connectivity index is 1.84. The largest absolute Gasteiger partial charge is 0.466 e. The highest BCUT2D eigenvalue weighted by Gasteiger charge is 2.36. The van der Waals surface area contributed by atoms with Crippen molar-refractivity contribution in [2.24, 2.45) is 0 Å². The molecule has 0 saturated carbocycles. The summed E-state index contributed by atoms with van der Waals surface area (Å²) in [6.45, 7) is 4.35. The minimum atomic E-state index is -0.991. The third-order valence-corrected chi connectivity index (χ3v) is 6.36. The first-order valence-electron chi connectivity index (χ1n) is 13.7. The minimum Gasteiger partial charge on any atom is -0.466 e. The highest BCUT2D eigenvalue weighted by Crippen LogP contribution is 2.16.